The van der Waals surface area contributed by atoms with Crippen molar-refractivity contribution < 1.29 is 8.78 Å². The summed E-state index contributed by atoms with van der Waals surface area (Å²) < 4.78 is 26.7. The summed E-state index contributed by atoms with van der Waals surface area (Å²) in [7, 11) is 0. The van der Waals surface area contributed by atoms with E-state index < -0.39 is 11.8 Å². The fourth-order valence-electron chi connectivity index (χ4n) is 1.19. The first-order chi connectivity index (χ1) is 6.58. The number of rotatable bonds is 4. The third kappa shape index (κ3) is 2.33. The van der Waals surface area contributed by atoms with Crippen molar-refractivity contribution in [3.8, 4) is 0 Å². The molecular formula is C8H9ClF2N2S. The molecule has 1 aromatic rings. The second-order valence-electron chi connectivity index (χ2n) is 3.37. The van der Waals surface area contributed by atoms with Crippen molar-refractivity contribution >= 4 is 28.8 Å². The maximum Gasteiger partial charge on any atom is 0.267 e. The van der Waals surface area contributed by atoms with E-state index in [2.05, 4.69) is 10.3 Å². The van der Waals surface area contributed by atoms with E-state index >= 15 is 0 Å². The Morgan fingerprint density at radius 3 is 2.86 bits per heavy atom. The van der Waals surface area contributed by atoms with E-state index in [9.17, 15) is 8.78 Å². The molecule has 1 aromatic heterocycles. The first-order valence-electron chi connectivity index (χ1n) is 4.30. The molecule has 0 atom stereocenters. The molecule has 0 amide bonds. The van der Waals surface area contributed by atoms with Crippen molar-refractivity contribution in [2.45, 2.75) is 18.8 Å². The molecule has 1 N–H and O–H groups in total. The third-order valence-electron chi connectivity index (χ3n) is 2.16. The Hall–Kier alpha value is -0.420. The van der Waals surface area contributed by atoms with Gasteiger partial charge in [0.25, 0.3) is 5.92 Å². The Kier molecular flexibility index (Phi) is 2.62. The van der Waals surface area contributed by atoms with Gasteiger partial charge in [0, 0.05) is 11.3 Å². The number of aromatic nitrogens is 1. The number of halogens is 3. The van der Waals surface area contributed by atoms with E-state index in [1.807, 2.05) is 0 Å². The van der Waals surface area contributed by atoms with Crippen LogP contribution in [0.4, 0.5) is 14.6 Å². The standard InChI is InChI=1S/C8H9ClF2N2S/c9-7-13-6(3-14-7)12-4-8(10,11)5-1-2-5/h3,5,12H,1-2,4H2. The molecule has 0 radical (unpaired) electrons. The van der Waals surface area contributed by atoms with Gasteiger partial charge >= 0.3 is 0 Å². The SMILES string of the molecule is FC(F)(CNc1csc(Cl)n1)C1CC1. The molecule has 2 rings (SSSR count). The molecule has 14 heavy (non-hydrogen) atoms. The van der Waals surface area contributed by atoms with E-state index in [0.717, 1.165) is 0 Å². The highest BCUT2D eigenvalue weighted by atomic mass is 35.5. The van der Waals surface area contributed by atoms with Crippen LogP contribution in [0.1, 0.15) is 12.8 Å². The van der Waals surface area contributed by atoms with E-state index in [1.165, 1.54) is 11.3 Å². The van der Waals surface area contributed by atoms with Gasteiger partial charge in [-0.3, -0.25) is 0 Å². The van der Waals surface area contributed by atoms with E-state index in [-0.39, 0.29) is 6.54 Å². The van der Waals surface area contributed by atoms with Crippen molar-refractivity contribution in [3.05, 3.63) is 9.85 Å². The zero-order valence-corrected chi connectivity index (χ0v) is 8.84. The number of thiazole rings is 1. The lowest BCUT2D eigenvalue weighted by molar-refractivity contribution is -0.00822. The Morgan fingerprint density at radius 2 is 2.36 bits per heavy atom. The molecule has 1 aliphatic rings. The van der Waals surface area contributed by atoms with Crippen molar-refractivity contribution in [3.63, 3.8) is 0 Å². The highest BCUT2D eigenvalue weighted by Crippen LogP contribution is 2.43. The van der Waals surface area contributed by atoms with Crippen molar-refractivity contribution in [2.75, 3.05) is 11.9 Å². The van der Waals surface area contributed by atoms with Crippen LogP contribution in [0.5, 0.6) is 0 Å². The summed E-state index contributed by atoms with van der Waals surface area (Å²) in [5, 5.41) is 4.22. The molecule has 0 spiro atoms. The van der Waals surface area contributed by atoms with Crippen LogP contribution in [0.15, 0.2) is 5.38 Å². The van der Waals surface area contributed by atoms with Gasteiger partial charge in [-0.15, -0.1) is 11.3 Å². The summed E-state index contributed by atoms with van der Waals surface area (Å²) in [5.74, 6) is -2.62. The molecular weight excluding hydrogens is 230 g/mol. The molecule has 0 bridgehead atoms. The maximum absolute atomic E-state index is 13.2. The lowest BCUT2D eigenvalue weighted by atomic mass is 10.2. The van der Waals surface area contributed by atoms with Crippen LogP contribution in [0.2, 0.25) is 4.47 Å². The third-order valence-corrected chi connectivity index (χ3v) is 3.13. The Labute approximate surface area is 89.3 Å². The van der Waals surface area contributed by atoms with Crippen molar-refractivity contribution in [1.29, 1.82) is 0 Å². The average molecular weight is 239 g/mol. The summed E-state index contributed by atoms with van der Waals surface area (Å²) in [6, 6.07) is 0. The van der Waals surface area contributed by atoms with Gasteiger partial charge in [-0.05, 0) is 12.8 Å². The highest BCUT2D eigenvalue weighted by Gasteiger charge is 2.46. The predicted octanol–water partition coefficient (Wildman–Crippen LogP) is 3.25. The lowest BCUT2D eigenvalue weighted by Gasteiger charge is -2.15. The number of alkyl halides is 2. The van der Waals surface area contributed by atoms with Gasteiger partial charge in [-0.1, -0.05) is 11.6 Å². The van der Waals surface area contributed by atoms with Crippen LogP contribution in [0.25, 0.3) is 0 Å². The maximum atomic E-state index is 13.2. The molecule has 2 nitrogen and oxygen atoms in total. The summed E-state index contributed by atoms with van der Waals surface area (Å²) in [5.41, 5.74) is 0. The predicted molar refractivity (Wildman–Crippen MR) is 53.3 cm³/mol. The van der Waals surface area contributed by atoms with Gasteiger partial charge in [0.1, 0.15) is 5.82 Å². The fraction of sp³-hybridized carbons (Fsp3) is 0.625. The normalized spacial score (nSPS) is 17.1. The Morgan fingerprint density at radius 1 is 1.64 bits per heavy atom. The first-order valence-corrected chi connectivity index (χ1v) is 5.56. The number of nitrogens with zero attached hydrogens (tertiary/aromatic N) is 1. The summed E-state index contributed by atoms with van der Waals surface area (Å²) in [6.07, 6.45) is 1.26. The van der Waals surface area contributed by atoms with Crippen molar-refractivity contribution in [2.24, 2.45) is 5.92 Å². The number of nitrogens with one attached hydrogen (secondary N) is 1. The molecule has 78 valence electrons. The monoisotopic (exact) mass is 238 g/mol. The molecule has 1 aliphatic carbocycles. The number of anilines is 1. The van der Waals surface area contributed by atoms with Crippen LogP contribution in [0.3, 0.4) is 0 Å². The minimum atomic E-state index is -2.61. The van der Waals surface area contributed by atoms with E-state index in [0.29, 0.717) is 23.1 Å². The molecule has 0 saturated heterocycles. The molecule has 6 heteroatoms. The lowest BCUT2D eigenvalue weighted by Crippen LogP contribution is -2.29. The molecule has 1 fully saturated rings. The topological polar surface area (TPSA) is 24.9 Å². The number of hydrogen-bond donors (Lipinski definition) is 1. The second kappa shape index (κ2) is 3.62. The van der Waals surface area contributed by atoms with Gasteiger partial charge in [0.2, 0.25) is 0 Å². The largest absolute Gasteiger partial charge is 0.363 e. The average Bonchev–Trinajstić information content (AvgIpc) is 2.89. The van der Waals surface area contributed by atoms with Crippen LogP contribution >= 0.6 is 22.9 Å². The Bertz CT molecular complexity index is 325. The van der Waals surface area contributed by atoms with Gasteiger partial charge in [-0.2, -0.15) is 0 Å². The van der Waals surface area contributed by atoms with Crippen LogP contribution in [-0.4, -0.2) is 17.5 Å². The van der Waals surface area contributed by atoms with Gasteiger partial charge in [-0.25, -0.2) is 13.8 Å². The molecule has 1 saturated carbocycles. The summed E-state index contributed by atoms with van der Waals surface area (Å²) in [4.78, 5) is 3.83. The van der Waals surface area contributed by atoms with Crippen molar-refractivity contribution in [1.82, 2.24) is 4.98 Å². The zero-order valence-electron chi connectivity index (χ0n) is 7.27. The van der Waals surface area contributed by atoms with Gasteiger partial charge in [0.05, 0.1) is 6.54 Å². The van der Waals surface area contributed by atoms with Crippen LogP contribution in [0, 0.1) is 5.92 Å². The smallest absolute Gasteiger partial charge is 0.267 e. The Balaban J connectivity index is 1.87. The van der Waals surface area contributed by atoms with Crippen LogP contribution < -0.4 is 5.32 Å². The first kappa shape index (κ1) is 10.1. The molecule has 1 heterocycles. The molecule has 0 aromatic carbocycles. The summed E-state index contributed by atoms with van der Waals surface area (Å²) in [6.45, 7) is -0.349. The van der Waals surface area contributed by atoms with E-state index in [1.54, 1.807) is 5.38 Å². The van der Waals surface area contributed by atoms with Crippen LogP contribution in [-0.2, 0) is 0 Å². The minimum absolute atomic E-state index is 0.349. The minimum Gasteiger partial charge on any atom is -0.363 e. The van der Waals surface area contributed by atoms with E-state index in [4.69, 9.17) is 11.6 Å². The fourth-order valence-corrected chi connectivity index (χ4v) is 1.91. The van der Waals surface area contributed by atoms with Gasteiger partial charge < -0.3 is 5.32 Å². The second-order valence-corrected chi connectivity index (χ2v) is 4.81. The molecule has 0 unspecified atom stereocenters. The number of hydrogen-bond acceptors (Lipinski definition) is 3. The quantitative estimate of drug-likeness (QED) is 0.871. The highest BCUT2D eigenvalue weighted by molar-refractivity contribution is 7.14. The zero-order chi connectivity index (χ0) is 10.2. The summed E-state index contributed by atoms with van der Waals surface area (Å²) >= 11 is 6.79. The molecule has 0 aliphatic heterocycles. The van der Waals surface area contributed by atoms with Gasteiger partial charge in [0.15, 0.2) is 4.47 Å².